The summed E-state index contributed by atoms with van der Waals surface area (Å²) in [6.07, 6.45) is 2.32. The van der Waals surface area contributed by atoms with Gasteiger partial charge in [0, 0.05) is 24.4 Å². The van der Waals surface area contributed by atoms with Crippen LogP contribution in [0.3, 0.4) is 0 Å². The highest BCUT2D eigenvalue weighted by molar-refractivity contribution is 6.30. The fourth-order valence-electron chi connectivity index (χ4n) is 5.93. The molecule has 242 valence electrons. The second-order valence-electron chi connectivity index (χ2n) is 12.4. The molecule has 0 bridgehead atoms. The van der Waals surface area contributed by atoms with Crippen LogP contribution in [-0.2, 0) is 19.0 Å². The fourth-order valence-corrected chi connectivity index (χ4v) is 6.08. The zero-order chi connectivity index (χ0) is 31.8. The van der Waals surface area contributed by atoms with Gasteiger partial charge in [0.15, 0.2) is 35.0 Å². The number of rotatable bonds is 7. The quantitative estimate of drug-likeness (QED) is 0.272. The average Bonchev–Trinajstić information content (AvgIpc) is 3.60. The molecule has 1 aromatic rings. The molecule has 1 aliphatic carbocycles. The van der Waals surface area contributed by atoms with Crippen molar-refractivity contribution in [1.29, 1.82) is 0 Å². The highest BCUT2D eigenvalue weighted by Crippen LogP contribution is 2.41. The first-order chi connectivity index (χ1) is 20.8. The minimum atomic E-state index is -1.15. The van der Waals surface area contributed by atoms with E-state index in [0.29, 0.717) is 37.8 Å². The minimum Gasteiger partial charge on any atom is -0.503 e. The number of ether oxygens (including phenoxy) is 3. The van der Waals surface area contributed by atoms with E-state index in [1.165, 1.54) is 24.3 Å². The van der Waals surface area contributed by atoms with Crippen LogP contribution in [0.15, 0.2) is 40.3 Å². The normalized spacial score (nSPS) is 27.3. The molecule has 2 atom stereocenters. The maximum Gasteiger partial charge on any atom is 0.407 e. The summed E-state index contributed by atoms with van der Waals surface area (Å²) in [5, 5.41) is 29.4. The Bertz CT molecular complexity index is 1370. The predicted molar refractivity (Wildman–Crippen MR) is 155 cm³/mol. The summed E-state index contributed by atoms with van der Waals surface area (Å²) in [6, 6.07) is 1.91. The number of hydrogen-bond donors (Lipinski definition) is 5. The van der Waals surface area contributed by atoms with E-state index in [1.54, 1.807) is 0 Å². The molecule has 3 aliphatic heterocycles. The van der Waals surface area contributed by atoms with Gasteiger partial charge in [-0.1, -0.05) is 22.8 Å². The summed E-state index contributed by atoms with van der Waals surface area (Å²) in [5.74, 6) is -2.44. The number of amides is 1. The van der Waals surface area contributed by atoms with E-state index in [0.717, 1.165) is 0 Å². The molecule has 12 nitrogen and oxygen atoms in total. The van der Waals surface area contributed by atoms with Gasteiger partial charge in [0.1, 0.15) is 23.5 Å². The van der Waals surface area contributed by atoms with Crippen LogP contribution >= 0.6 is 11.6 Å². The number of hydrogen-bond acceptors (Lipinski definition) is 11. The third-order valence-corrected chi connectivity index (χ3v) is 8.34. The smallest absolute Gasteiger partial charge is 0.407 e. The van der Waals surface area contributed by atoms with Gasteiger partial charge in [-0.2, -0.15) is 5.53 Å². The molecule has 0 unspecified atom stereocenters. The van der Waals surface area contributed by atoms with Gasteiger partial charge in [-0.05, 0) is 52.5 Å². The Hall–Kier alpha value is -3.33. The summed E-state index contributed by atoms with van der Waals surface area (Å²) >= 11 is 5.71. The molecule has 0 aromatic heterocycles. The van der Waals surface area contributed by atoms with Crippen molar-refractivity contribution in [3.63, 3.8) is 0 Å². The van der Waals surface area contributed by atoms with E-state index in [1.807, 2.05) is 20.8 Å². The monoisotopic (exact) mass is 641 g/mol. The van der Waals surface area contributed by atoms with Gasteiger partial charge in [0.25, 0.3) is 0 Å². The van der Waals surface area contributed by atoms with Crippen LogP contribution in [0.5, 0.6) is 0 Å². The van der Waals surface area contributed by atoms with Crippen molar-refractivity contribution in [3.05, 3.63) is 57.3 Å². The van der Waals surface area contributed by atoms with Crippen LogP contribution in [0.2, 0.25) is 5.02 Å². The van der Waals surface area contributed by atoms with Gasteiger partial charge >= 0.3 is 6.09 Å². The summed E-state index contributed by atoms with van der Waals surface area (Å²) in [4.78, 5) is 18.1. The molecular weight excluding hydrogens is 604 g/mol. The fraction of sp³-hybridized carbons (Fsp3) is 0.586. The first kappa shape index (κ1) is 32.1. The van der Waals surface area contributed by atoms with Crippen LogP contribution in [0, 0.1) is 11.6 Å². The van der Waals surface area contributed by atoms with Crippen molar-refractivity contribution in [2.45, 2.75) is 88.7 Å². The lowest BCUT2D eigenvalue weighted by Gasteiger charge is -2.35. The zero-order valence-corrected chi connectivity index (χ0v) is 25.8. The van der Waals surface area contributed by atoms with Crippen LogP contribution < -0.4 is 16.3 Å². The Morgan fingerprint density at radius 3 is 2.66 bits per heavy atom. The number of halogens is 3. The average molecular weight is 642 g/mol. The molecule has 15 heteroatoms. The lowest BCUT2D eigenvalue weighted by Crippen LogP contribution is -2.45. The van der Waals surface area contributed by atoms with E-state index in [2.05, 4.69) is 21.4 Å². The number of alkyl carbamates (subject to hydrolysis) is 1. The van der Waals surface area contributed by atoms with Gasteiger partial charge in [-0.3, -0.25) is 5.01 Å². The Morgan fingerprint density at radius 2 is 2.00 bits per heavy atom. The molecule has 5 N–H and O–H groups in total. The summed E-state index contributed by atoms with van der Waals surface area (Å²) < 4.78 is 45.8. The van der Waals surface area contributed by atoms with Crippen molar-refractivity contribution in [2.24, 2.45) is 5.16 Å². The number of methoxy groups -OCH3 is 1. The van der Waals surface area contributed by atoms with E-state index in [4.69, 9.17) is 30.6 Å². The standard InChI is InChI=1S/C29H38ClF2N5O7/c1-28(2,3)43-27(40)33-15-7-9-29(10-8-15)12-16(35-44-29)11-20-26(41-4)24(25(39)21(14-38)42-20)37-13-19(34-36-37)17-5-6-18(30)23(32)22(17)31/h5-6,15,19-20,34,36,38-39H,7-14H2,1-4H3,(H,33,40)/t15?,19-,20-,29?/m1/s1. The van der Waals surface area contributed by atoms with Crippen molar-refractivity contribution >= 4 is 23.4 Å². The highest BCUT2D eigenvalue weighted by atomic mass is 35.5. The number of nitrogens with one attached hydrogen (secondary N) is 3. The highest BCUT2D eigenvalue weighted by Gasteiger charge is 2.45. The van der Waals surface area contributed by atoms with E-state index in [-0.39, 0.29) is 52.6 Å². The third kappa shape index (κ3) is 6.67. The Labute approximate surface area is 258 Å². The summed E-state index contributed by atoms with van der Waals surface area (Å²) in [5.41, 5.74) is 5.58. The molecule has 4 aliphatic rings. The van der Waals surface area contributed by atoms with E-state index in [9.17, 15) is 23.8 Å². The maximum absolute atomic E-state index is 14.7. The van der Waals surface area contributed by atoms with Crippen LogP contribution in [0.1, 0.15) is 70.9 Å². The molecule has 1 saturated heterocycles. The zero-order valence-electron chi connectivity index (χ0n) is 25.0. The molecule has 1 spiro atoms. The number of hydrazine groups is 2. The van der Waals surface area contributed by atoms with E-state index < -0.39 is 47.7 Å². The number of aliphatic hydroxyl groups is 2. The molecule has 1 amide bonds. The van der Waals surface area contributed by atoms with Gasteiger partial charge in [-0.25, -0.2) is 19.0 Å². The minimum absolute atomic E-state index is 0.0288. The lowest BCUT2D eigenvalue weighted by molar-refractivity contribution is -0.0505. The first-order valence-electron chi connectivity index (χ1n) is 14.5. The van der Waals surface area contributed by atoms with Gasteiger partial charge in [0.05, 0.1) is 30.4 Å². The number of carbonyl (C=O) groups excluding carboxylic acids is 1. The molecule has 44 heavy (non-hydrogen) atoms. The Morgan fingerprint density at radius 1 is 1.27 bits per heavy atom. The number of nitrogens with zero attached hydrogens (tertiary/aromatic N) is 2. The van der Waals surface area contributed by atoms with Crippen molar-refractivity contribution in [2.75, 3.05) is 20.3 Å². The SMILES string of the molecule is COC1=C(N2C[C@H](c3ccc(Cl)c(F)c3F)NN2)C(O)=C(CO)O[C@@H]1CC1=NOC2(CCC(NC(=O)OC(C)(C)C)CC2)C1. The molecule has 3 heterocycles. The summed E-state index contributed by atoms with van der Waals surface area (Å²) in [6.45, 7) is 4.91. The number of carbonyl (C=O) groups is 1. The predicted octanol–water partition coefficient (Wildman–Crippen LogP) is 4.38. The topological polar surface area (TPSA) is 146 Å². The molecule has 1 aromatic carbocycles. The molecule has 2 fully saturated rings. The molecular formula is C29H38ClF2N5O7. The van der Waals surface area contributed by atoms with E-state index >= 15 is 0 Å². The number of oxime groups is 1. The molecule has 5 rings (SSSR count). The van der Waals surface area contributed by atoms with Gasteiger partial charge in [-0.15, -0.1) is 0 Å². The first-order valence-corrected chi connectivity index (χ1v) is 14.8. The van der Waals surface area contributed by atoms with Crippen LogP contribution in [-0.4, -0.2) is 70.6 Å². The molecule has 1 saturated carbocycles. The third-order valence-electron chi connectivity index (χ3n) is 8.04. The summed E-state index contributed by atoms with van der Waals surface area (Å²) in [7, 11) is 1.42. The van der Waals surface area contributed by atoms with Gasteiger partial charge < -0.3 is 34.6 Å². The number of benzene rings is 1. The second-order valence-corrected chi connectivity index (χ2v) is 12.8. The van der Waals surface area contributed by atoms with Crippen molar-refractivity contribution in [3.8, 4) is 0 Å². The second kappa shape index (κ2) is 12.6. The largest absolute Gasteiger partial charge is 0.503 e. The van der Waals surface area contributed by atoms with Crippen molar-refractivity contribution in [1.82, 2.24) is 21.3 Å². The lowest BCUT2D eigenvalue weighted by atomic mass is 9.79. The van der Waals surface area contributed by atoms with Crippen molar-refractivity contribution < 1.29 is 42.8 Å². The Kier molecular flexibility index (Phi) is 9.17. The molecule has 0 radical (unpaired) electrons. The Balaban J connectivity index is 1.26. The number of aliphatic hydroxyl groups excluding tert-OH is 2. The van der Waals surface area contributed by atoms with Crippen LogP contribution in [0.4, 0.5) is 13.6 Å². The van der Waals surface area contributed by atoms with Gasteiger partial charge in [0.2, 0.25) is 0 Å². The maximum atomic E-state index is 14.7. The van der Waals surface area contributed by atoms with Crippen LogP contribution in [0.25, 0.3) is 0 Å².